The molecule has 1 aromatic carbocycles. The van der Waals surface area contributed by atoms with Crippen molar-refractivity contribution in [3.05, 3.63) is 45.9 Å². The van der Waals surface area contributed by atoms with Crippen molar-refractivity contribution in [2.45, 2.75) is 6.54 Å². The van der Waals surface area contributed by atoms with Crippen LogP contribution in [0.2, 0.25) is 5.02 Å². The van der Waals surface area contributed by atoms with E-state index in [0.717, 1.165) is 16.0 Å². The van der Waals surface area contributed by atoms with Crippen molar-refractivity contribution in [3.63, 3.8) is 0 Å². The van der Waals surface area contributed by atoms with Gasteiger partial charge in [-0.25, -0.2) is 4.98 Å². The van der Waals surface area contributed by atoms with E-state index in [1.54, 1.807) is 6.20 Å². The summed E-state index contributed by atoms with van der Waals surface area (Å²) >= 11 is 9.44. The lowest BCUT2D eigenvalue weighted by Crippen LogP contribution is -2.05. The Kier molecular flexibility index (Phi) is 3.51. The molecule has 16 heavy (non-hydrogen) atoms. The molecule has 0 fully saturated rings. The van der Waals surface area contributed by atoms with Gasteiger partial charge >= 0.3 is 0 Å². The molecular weight excluding hydrogens is 289 g/mol. The second-order valence-corrected chi connectivity index (χ2v) is 4.61. The molecule has 2 rings (SSSR count). The van der Waals surface area contributed by atoms with Crippen molar-refractivity contribution in [3.8, 4) is 0 Å². The van der Waals surface area contributed by atoms with E-state index in [0.29, 0.717) is 11.6 Å². The highest BCUT2D eigenvalue weighted by Crippen LogP contribution is 2.30. The third kappa shape index (κ3) is 2.39. The molecule has 0 aliphatic heterocycles. The number of aryl methyl sites for hydroxylation is 1. The number of halogens is 2. The first-order chi connectivity index (χ1) is 7.68. The maximum Gasteiger partial charge on any atom is 0.127 e. The second-order valence-electron chi connectivity index (χ2n) is 3.41. The van der Waals surface area contributed by atoms with Crippen LogP contribution in [0.25, 0.3) is 0 Å². The van der Waals surface area contributed by atoms with Crippen molar-refractivity contribution < 1.29 is 0 Å². The monoisotopic (exact) mass is 299 g/mol. The summed E-state index contributed by atoms with van der Waals surface area (Å²) in [6.45, 7) is 0.669. The van der Waals surface area contributed by atoms with Gasteiger partial charge in [0.15, 0.2) is 0 Å². The van der Waals surface area contributed by atoms with Gasteiger partial charge in [0.1, 0.15) is 5.82 Å². The fourth-order valence-corrected chi connectivity index (χ4v) is 1.96. The predicted octanol–water partition coefficient (Wildman–Crippen LogP) is 3.45. The van der Waals surface area contributed by atoms with E-state index in [1.165, 1.54) is 0 Å². The SMILES string of the molecule is Cn1ccnc1CNc1cccc(Cl)c1Br. The van der Waals surface area contributed by atoms with E-state index in [2.05, 4.69) is 26.2 Å². The van der Waals surface area contributed by atoms with Crippen LogP contribution in [-0.4, -0.2) is 9.55 Å². The van der Waals surface area contributed by atoms with Crippen LogP contribution in [0.1, 0.15) is 5.82 Å². The molecule has 1 heterocycles. The van der Waals surface area contributed by atoms with Crippen LogP contribution in [0.3, 0.4) is 0 Å². The Morgan fingerprint density at radius 3 is 3.00 bits per heavy atom. The van der Waals surface area contributed by atoms with Gasteiger partial charge in [-0.05, 0) is 28.1 Å². The van der Waals surface area contributed by atoms with E-state index < -0.39 is 0 Å². The predicted molar refractivity (Wildman–Crippen MR) is 69.7 cm³/mol. The van der Waals surface area contributed by atoms with Crippen LogP contribution in [0, 0.1) is 0 Å². The lowest BCUT2D eigenvalue weighted by Gasteiger charge is -2.09. The summed E-state index contributed by atoms with van der Waals surface area (Å²) in [6.07, 6.45) is 3.70. The van der Waals surface area contributed by atoms with E-state index in [1.807, 2.05) is 36.0 Å². The summed E-state index contributed by atoms with van der Waals surface area (Å²) in [4.78, 5) is 4.24. The topological polar surface area (TPSA) is 29.9 Å². The number of hydrogen-bond donors (Lipinski definition) is 1. The van der Waals surface area contributed by atoms with Crippen LogP contribution in [-0.2, 0) is 13.6 Å². The Labute approximate surface area is 108 Å². The number of hydrogen-bond acceptors (Lipinski definition) is 2. The highest BCUT2D eigenvalue weighted by molar-refractivity contribution is 9.10. The fraction of sp³-hybridized carbons (Fsp3) is 0.182. The van der Waals surface area contributed by atoms with Gasteiger partial charge in [-0.3, -0.25) is 0 Å². The summed E-state index contributed by atoms with van der Waals surface area (Å²) in [5.74, 6) is 0.979. The first kappa shape index (κ1) is 11.5. The third-order valence-corrected chi connectivity index (χ3v) is 3.71. The summed E-state index contributed by atoms with van der Waals surface area (Å²) < 4.78 is 2.86. The molecule has 84 valence electrons. The van der Waals surface area contributed by atoms with Crippen molar-refractivity contribution >= 4 is 33.2 Å². The molecule has 0 spiro atoms. The Balaban J connectivity index is 2.11. The molecule has 0 atom stereocenters. The number of rotatable bonds is 3. The van der Waals surface area contributed by atoms with E-state index in [4.69, 9.17) is 11.6 Å². The van der Waals surface area contributed by atoms with E-state index in [-0.39, 0.29) is 0 Å². The largest absolute Gasteiger partial charge is 0.377 e. The zero-order valence-corrected chi connectivity index (χ0v) is 11.1. The first-order valence-corrected chi connectivity index (χ1v) is 5.99. The summed E-state index contributed by atoms with van der Waals surface area (Å²) in [5.41, 5.74) is 0.968. The molecule has 0 saturated heterocycles. The van der Waals surface area contributed by atoms with Gasteiger partial charge in [0.05, 0.1) is 21.7 Å². The molecule has 0 radical (unpaired) electrons. The van der Waals surface area contributed by atoms with E-state index in [9.17, 15) is 0 Å². The number of benzene rings is 1. The smallest absolute Gasteiger partial charge is 0.127 e. The normalized spacial score (nSPS) is 10.4. The number of imidazole rings is 1. The molecule has 1 aromatic heterocycles. The average Bonchev–Trinajstić information content (AvgIpc) is 2.67. The van der Waals surface area contributed by atoms with Crippen molar-refractivity contribution in [2.24, 2.45) is 7.05 Å². The van der Waals surface area contributed by atoms with Crippen LogP contribution < -0.4 is 5.32 Å². The molecule has 2 aromatic rings. The average molecular weight is 301 g/mol. The van der Waals surface area contributed by atoms with Crippen LogP contribution >= 0.6 is 27.5 Å². The van der Waals surface area contributed by atoms with Crippen molar-refractivity contribution in [1.29, 1.82) is 0 Å². The van der Waals surface area contributed by atoms with Gasteiger partial charge in [0, 0.05) is 19.4 Å². The van der Waals surface area contributed by atoms with Gasteiger partial charge in [-0.2, -0.15) is 0 Å². The molecular formula is C11H11BrClN3. The number of nitrogens with one attached hydrogen (secondary N) is 1. The first-order valence-electron chi connectivity index (χ1n) is 4.82. The minimum atomic E-state index is 0.669. The summed E-state index contributed by atoms with van der Waals surface area (Å²) in [5, 5.41) is 3.98. The minimum Gasteiger partial charge on any atom is -0.377 e. The zero-order chi connectivity index (χ0) is 11.5. The second kappa shape index (κ2) is 4.89. The maximum atomic E-state index is 6.00. The van der Waals surface area contributed by atoms with Crippen molar-refractivity contribution in [2.75, 3.05) is 5.32 Å². The lowest BCUT2D eigenvalue weighted by molar-refractivity contribution is 0.812. The zero-order valence-electron chi connectivity index (χ0n) is 8.74. The fourth-order valence-electron chi connectivity index (χ4n) is 1.38. The van der Waals surface area contributed by atoms with Gasteiger partial charge in [-0.1, -0.05) is 17.7 Å². The van der Waals surface area contributed by atoms with Crippen LogP contribution in [0.15, 0.2) is 35.1 Å². The molecule has 5 heteroatoms. The minimum absolute atomic E-state index is 0.669. The summed E-state index contributed by atoms with van der Waals surface area (Å²) in [7, 11) is 1.97. The summed E-state index contributed by atoms with van der Waals surface area (Å²) in [6, 6.07) is 5.73. The van der Waals surface area contributed by atoms with Gasteiger partial charge < -0.3 is 9.88 Å². The molecule has 0 aliphatic carbocycles. The number of nitrogens with zero attached hydrogens (tertiary/aromatic N) is 2. The van der Waals surface area contributed by atoms with E-state index >= 15 is 0 Å². The highest BCUT2D eigenvalue weighted by atomic mass is 79.9. The highest BCUT2D eigenvalue weighted by Gasteiger charge is 2.04. The Hall–Kier alpha value is -1.000. The molecule has 0 aliphatic rings. The Bertz CT molecular complexity index is 496. The molecule has 0 saturated carbocycles. The van der Waals surface area contributed by atoms with Gasteiger partial charge in [0.2, 0.25) is 0 Å². The Morgan fingerprint density at radius 1 is 1.50 bits per heavy atom. The standard InChI is InChI=1S/C11H11BrClN3/c1-16-6-5-14-10(16)7-15-9-4-2-3-8(13)11(9)12/h2-6,15H,7H2,1H3. The third-order valence-electron chi connectivity index (χ3n) is 2.31. The van der Waals surface area contributed by atoms with Crippen LogP contribution in [0.5, 0.6) is 0 Å². The van der Waals surface area contributed by atoms with Crippen LogP contribution in [0.4, 0.5) is 5.69 Å². The quantitative estimate of drug-likeness (QED) is 0.941. The maximum absolute atomic E-state index is 6.00. The molecule has 3 nitrogen and oxygen atoms in total. The van der Waals surface area contributed by atoms with Gasteiger partial charge in [-0.15, -0.1) is 0 Å². The molecule has 0 bridgehead atoms. The Morgan fingerprint density at radius 2 is 2.31 bits per heavy atom. The number of anilines is 1. The molecule has 0 amide bonds. The number of aromatic nitrogens is 2. The molecule has 1 N–H and O–H groups in total. The van der Waals surface area contributed by atoms with Gasteiger partial charge in [0.25, 0.3) is 0 Å². The molecule has 0 unspecified atom stereocenters. The lowest BCUT2D eigenvalue weighted by atomic mass is 10.3. The van der Waals surface area contributed by atoms with Crippen molar-refractivity contribution in [1.82, 2.24) is 9.55 Å².